The molecule has 0 aliphatic heterocycles. The highest BCUT2D eigenvalue weighted by Gasteiger charge is 2.08. The fraction of sp³-hybridized carbons (Fsp3) is 0.250. The Morgan fingerprint density at radius 3 is 2.62 bits per heavy atom. The summed E-state index contributed by atoms with van der Waals surface area (Å²) in [4.78, 5) is 10.0. The minimum Gasteiger partial charge on any atom is -0.258 e. The maximum absolute atomic E-state index is 10.4. The zero-order valence-electron chi connectivity index (χ0n) is 6.87. The lowest BCUT2D eigenvalue weighted by Gasteiger charge is -2.03. The largest absolute Gasteiger partial charge is 0.269 e. The summed E-state index contributed by atoms with van der Waals surface area (Å²) in [6, 6.07) is 4.71. The quantitative estimate of drug-likeness (QED) is 0.351. The fourth-order valence-electron chi connectivity index (χ4n) is 1.05. The number of halogens is 1. The molecule has 0 bridgehead atoms. The Morgan fingerprint density at radius 2 is 2.15 bits per heavy atom. The summed E-state index contributed by atoms with van der Waals surface area (Å²) in [5.74, 6) is 0. The van der Waals surface area contributed by atoms with Crippen LogP contribution in [0.4, 0.5) is 5.69 Å². The van der Waals surface area contributed by atoms with Gasteiger partial charge in [0.2, 0.25) is 0 Å². The molecule has 0 atom stereocenters. The Morgan fingerprint density at radius 1 is 1.46 bits per heavy atom. The van der Waals surface area contributed by atoms with Gasteiger partial charge in [0.1, 0.15) is 0 Å². The van der Waals surface area contributed by atoms with Crippen LogP contribution in [-0.2, 0) is 11.7 Å². The van der Waals surface area contributed by atoms with Gasteiger partial charge in [-0.2, -0.15) is 0 Å². The van der Waals surface area contributed by atoms with Crippen molar-refractivity contribution in [1.82, 2.24) is 0 Å². The number of alkyl halides is 1. The van der Waals surface area contributed by atoms with E-state index in [4.69, 9.17) is 7.85 Å². The van der Waals surface area contributed by atoms with Crippen LogP contribution in [0, 0.1) is 10.1 Å². The minimum absolute atomic E-state index is 0.0881. The second-order valence-corrected chi connectivity index (χ2v) is 3.11. The van der Waals surface area contributed by atoms with Crippen molar-refractivity contribution in [2.24, 2.45) is 0 Å². The van der Waals surface area contributed by atoms with E-state index in [0.29, 0.717) is 11.7 Å². The van der Waals surface area contributed by atoms with E-state index in [-0.39, 0.29) is 5.69 Å². The van der Waals surface area contributed by atoms with Crippen molar-refractivity contribution >= 4 is 29.5 Å². The smallest absolute Gasteiger partial charge is 0.258 e. The third-order valence-corrected chi connectivity index (χ3v) is 2.37. The highest BCUT2D eigenvalue weighted by atomic mass is 79.9. The van der Waals surface area contributed by atoms with Gasteiger partial charge >= 0.3 is 0 Å². The van der Waals surface area contributed by atoms with E-state index < -0.39 is 4.92 Å². The number of benzene rings is 1. The first kappa shape index (κ1) is 10.2. The van der Waals surface area contributed by atoms with Crippen LogP contribution in [0.1, 0.15) is 11.1 Å². The predicted molar refractivity (Wildman–Crippen MR) is 55.2 cm³/mol. The van der Waals surface area contributed by atoms with Gasteiger partial charge in [0.05, 0.1) is 12.8 Å². The summed E-state index contributed by atoms with van der Waals surface area (Å²) >= 11 is 3.29. The van der Waals surface area contributed by atoms with Crippen LogP contribution >= 0.6 is 15.9 Å². The van der Waals surface area contributed by atoms with E-state index in [0.717, 1.165) is 11.1 Å². The highest BCUT2D eigenvalue weighted by molar-refractivity contribution is 9.08. The zero-order chi connectivity index (χ0) is 9.84. The van der Waals surface area contributed by atoms with Crippen molar-refractivity contribution in [3.63, 3.8) is 0 Å². The molecule has 0 amide bonds. The number of non-ortho nitro benzene ring substituents is 1. The highest BCUT2D eigenvalue weighted by Crippen LogP contribution is 2.19. The molecule has 0 N–H and O–H groups in total. The molecule has 2 radical (unpaired) electrons. The van der Waals surface area contributed by atoms with Crippen molar-refractivity contribution in [3.8, 4) is 0 Å². The lowest BCUT2D eigenvalue weighted by atomic mass is 9.93. The molecule has 13 heavy (non-hydrogen) atoms. The van der Waals surface area contributed by atoms with Crippen LogP contribution in [-0.4, -0.2) is 12.8 Å². The van der Waals surface area contributed by atoms with E-state index in [1.165, 1.54) is 12.1 Å². The first-order valence-electron chi connectivity index (χ1n) is 3.71. The Balaban J connectivity index is 3.13. The van der Waals surface area contributed by atoms with E-state index in [1.807, 2.05) is 0 Å². The Hall–Kier alpha value is -0.835. The molecule has 66 valence electrons. The average molecular weight is 240 g/mol. The average Bonchev–Trinajstić information content (AvgIpc) is 2.16. The number of rotatable bonds is 3. The van der Waals surface area contributed by atoms with Crippen LogP contribution in [0.15, 0.2) is 18.2 Å². The molecule has 0 unspecified atom stereocenters. The van der Waals surface area contributed by atoms with Crippen LogP contribution in [0.3, 0.4) is 0 Å². The summed E-state index contributed by atoms with van der Waals surface area (Å²) in [5, 5.41) is 11.1. The van der Waals surface area contributed by atoms with Crippen LogP contribution < -0.4 is 0 Å². The molecule has 1 aromatic rings. The molecule has 3 nitrogen and oxygen atoms in total. The molecule has 0 aromatic heterocycles. The predicted octanol–water partition coefficient (Wildman–Crippen LogP) is 2.16. The van der Waals surface area contributed by atoms with Gasteiger partial charge in [-0.1, -0.05) is 28.3 Å². The minimum atomic E-state index is -0.419. The molecule has 0 aliphatic carbocycles. The maximum Gasteiger partial charge on any atom is 0.269 e. The maximum atomic E-state index is 10.4. The van der Waals surface area contributed by atoms with E-state index >= 15 is 0 Å². The van der Waals surface area contributed by atoms with Gasteiger partial charge in [0, 0.05) is 17.5 Å². The van der Waals surface area contributed by atoms with Gasteiger partial charge in [-0.3, -0.25) is 10.1 Å². The monoisotopic (exact) mass is 239 g/mol. The summed E-state index contributed by atoms with van der Waals surface area (Å²) < 4.78 is 0. The van der Waals surface area contributed by atoms with Crippen molar-refractivity contribution in [3.05, 3.63) is 39.4 Å². The molecule has 0 spiro atoms. The SMILES string of the molecule is [B]Cc1cc([N+](=O)[O-])ccc1CBr. The Kier molecular flexibility index (Phi) is 3.48. The molecular weight excluding hydrogens is 233 g/mol. The first-order chi connectivity index (χ1) is 6.19. The molecule has 1 aromatic carbocycles. The fourth-order valence-corrected chi connectivity index (χ4v) is 1.59. The second kappa shape index (κ2) is 4.41. The Labute approximate surface area is 85.8 Å². The van der Waals surface area contributed by atoms with Gasteiger partial charge in [-0.05, 0) is 11.1 Å². The molecule has 1 rings (SSSR count). The summed E-state index contributed by atoms with van der Waals surface area (Å²) in [7, 11) is 5.45. The van der Waals surface area contributed by atoms with Crippen molar-refractivity contribution in [1.29, 1.82) is 0 Å². The number of hydrogen-bond donors (Lipinski definition) is 0. The molecule has 0 heterocycles. The summed E-state index contributed by atoms with van der Waals surface area (Å²) in [6.07, 6.45) is 0.322. The topological polar surface area (TPSA) is 43.1 Å². The summed E-state index contributed by atoms with van der Waals surface area (Å²) in [6.45, 7) is 0. The molecular formula is C8H7BBrNO2. The van der Waals surface area contributed by atoms with Crippen molar-refractivity contribution < 1.29 is 4.92 Å². The molecule has 0 saturated heterocycles. The van der Waals surface area contributed by atoms with Crippen LogP contribution in [0.2, 0.25) is 0 Å². The van der Waals surface area contributed by atoms with E-state index in [2.05, 4.69) is 15.9 Å². The molecule has 0 saturated carbocycles. The Bertz CT molecular complexity index is 330. The first-order valence-corrected chi connectivity index (χ1v) is 4.83. The van der Waals surface area contributed by atoms with Crippen LogP contribution in [0.25, 0.3) is 0 Å². The molecule has 0 fully saturated rings. The third kappa shape index (κ3) is 2.31. The van der Waals surface area contributed by atoms with Crippen molar-refractivity contribution in [2.45, 2.75) is 11.7 Å². The van der Waals surface area contributed by atoms with Gasteiger partial charge in [-0.25, -0.2) is 0 Å². The number of nitrogens with zero attached hydrogens (tertiary/aromatic N) is 1. The lowest BCUT2D eigenvalue weighted by molar-refractivity contribution is -0.384. The van der Waals surface area contributed by atoms with E-state index in [9.17, 15) is 10.1 Å². The lowest BCUT2D eigenvalue weighted by Crippen LogP contribution is -1.95. The third-order valence-electron chi connectivity index (χ3n) is 1.76. The van der Waals surface area contributed by atoms with Gasteiger partial charge in [-0.15, -0.1) is 0 Å². The normalized spacial score (nSPS) is 9.92. The van der Waals surface area contributed by atoms with Gasteiger partial charge in [0.15, 0.2) is 0 Å². The number of hydrogen-bond acceptors (Lipinski definition) is 2. The van der Waals surface area contributed by atoms with Gasteiger partial charge < -0.3 is 0 Å². The molecule has 5 heteroatoms. The van der Waals surface area contributed by atoms with Crippen LogP contribution in [0.5, 0.6) is 0 Å². The zero-order valence-corrected chi connectivity index (χ0v) is 8.45. The second-order valence-electron chi connectivity index (χ2n) is 2.55. The molecule has 0 aliphatic rings. The standard InChI is InChI=1S/C8H7BBrNO2/c9-4-7-3-8(11(12)13)2-1-6(7)5-10/h1-3H,4-5H2. The van der Waals surface area contributed by atoms with E-state index in [1.54, 1.807) is 6.07 Å². The number of nitro benzene ring substituents is 1. The number of nitro groups is 1. The summed E-state index contributed by atoms with van der Waals surface area (Å²) in [5.41, 5.74) is 1.89. The van der Waals surface area contributed by atoms with Gasteiger partial charge in [0.25, 0.3) is 5.69 Å². The van der Waals surface area contributed by atoms with Crippen molar-refractivity contribution in [2.75, 3.05) is 0 Å².